The zero-order valence-electron chi connectivity index (χ0n) is 31.1. The monoisotopic (exact) mass is 985 g/mol. The third-order valence-electron chi connectivity index (χ3n) is 11.0. The smallest absolute Gasteiger partial charge is 0.192 e. The number of halogens is 11. The predicted molar refractivity (Wildman–Crippen MR) is 210 cm³/mol. The van der Waals surface area contributed by atoms with Gasteiger partial charge in [0.15, 0.2) is 0 Å². The number of hydrogen-bond donors (Lipinski definition) is 0. The van der Waals surface area contributed by atoms with Crippen molar-refractivity contribution in [2.24, 2.45) is 0 Å². The molecule has 0 fully saturated rings. The van der Waals surface area contributed by atoms with Crippen molar-refractivity contribution >= 4 is 42.7 Å². The number of alkyl halides is 9. The molecule has 1 heterocycles. The van der Waals surface area contributed by atoms with Gasteiger partial charge in [-0.05, 0) is 63.7 Å². The van der Waals surface area contributed by atoms with Crippen LogP contribution in [0.5, 0.6) is 0 Å². The van der Waals surface area contributed by atoms with Gasteiger partial charge in [-0.2, -0.15) is 36.9 Å². The fourth-order valence-corrected chi connectivity index (χ4v) is 10.3. The summed E-state index contributed by atoms with van der Waals surface area (Å²) < 4.78 is 139. The van der Waals surface area contributed by atoms with E-state index in [4.69, 9.17) is 0 Å². The van der Waals surface area contributed by atoms with Crippen molar-refractivity contribution in [3.63, 3.8) is 0 Å². The summed E-state index contributed by atoms with van der Waals surface area (Å²) in [5.41, 5.74) is -0.668. The van der Waals surface area contributed by atoms with Crippen LogP contribution in [0.1, 0.15) is 38.9 Å². The second-order valence-corrected chi connectivity index (χ2v) is 17.2. The van der Waals surface area contributed by atoms with Crippen LogP contribution in [0.3, 0.4) is 0 Å². The number of allylic oxidation sites excluding steroid dienone is 2. The van der Waals surface area contributed by atoms with Crippen LogP contribution in [0.25, 0.3) is 75.8 Å². The fourth-order valence-electron chi connectivity index (χ4n) is 8.24. The first kappa shape index (κ1) is 41.4. The molecule has 0 atom stereocenters. The van der Waals surface area contributed by atoms with Crippen LogP contribution in [0, 0.1) is 48.9 Å². The Bertz CT molecular complexity index is 3390. The molecule has 7 aromatic rings. The molecule has 0 aliphatic heterocycles. The van der Waals surface area contributed by atoms with E-state index in [9.17, 15) is 63.4 Å². The number of hydrogen-bond acceptors (Lipinski definition) is 5. The fraction of sp³-hybridized carbons (Fsp3) is 0.0638. The van der Waals surface area contributed by atoms with Crippen LogP contribution in [-0.2, 0) is 18.5 Å². The standard InChI is InChI=1S/C47H16F10IN4S/c48-45(49,50)27-5-23(6-28(11-27)46(51,52)53)21-1-3-31-33-15-41-35(13-39(33)43(37(31)9-21)25(17-59)18-60)36-14-40-34(16-42(36)63-41)32-4-2-22(10-38(32)44(40)26(19-61)20-62)24-7-29(47(54,55)56)12-30(8-24)58-57/h1-16H/q-1. The van der Waals surface area contributed by atoms with Crippen molar-refractivity contribution < 1.29 is 64.2 Å². The number of fused-ring (bicyclic) bond motifs is 9. The molecule has 4 nitrogen and oxygen atoms in total. The van der Waals surface area contributed by atoms with E-state index in [1.807, 2.05) is 30.3 Å². The molecule has 63 heavy (non-hydrogen) atoms. The third kappa shape index (κ3) is 6.78. The Morgan fingerprint density at radius 3 is 1.17 bits per heavy atom. The van der Waals surface area contributed by atoms with Gasteiger partial charge in [0.1, 0.15) is 17.7 Å². The van der Waals surface area contributed by atoms with Crippen LogP contribution in [-0.4, -0.2) is 0 Å². The molecule has 0 spiro atoms. The van der Waals surface area contributed by atoms with Crippen molar-refractivity contribution in [2.75, 3.05) is 0 Å². The summed E-state index contributed by atoms with van der Waals surface area (Å²) in [5, 5.41) is 41.7. The van der Waals surface area contributed by atoms with Crippen LogP contribution in [0.15, 0.2) is 108 Å². The third-order valence-corrected chi connectivity index (χ3v) is 13.2. The van der Waals surface area contributed by atoms with E-state index in [0.29, 0.717) is 72.1 Å². The molecule has 0 amide bonds. The first-order valence-corrected chi connectivity index (χ1v) is 20.8. The molecule has 0 unspecified atom stereocenters. The number of nitriles is 4. The zero-order chi connectivity index (χ0) is 44.9. The molecule has 308 valence electrons. The van der Waals surface area contributed by atoms with Crippen molar-refractivity contribution in [3.05, 3.63) is 151 Å². The van der Waals surface area contributed by atoms with Gasteiger partial charge in [-0.3, -0.25) is 0 Å². The average molecular weight is 986 g/mol. The number of thiophene rings is 1. The number of benzene rings is 6. The Morgan fingerprint density at radius 2 is 0.794 bits per heavy atom. The molecule has 6 aromatic carbocycles. The maximum atomic E-state index is 13.8. The summed E-state index contributed by atoms with van der Waals surface area (Å²) in [5.74, 6) is 0. The minimum absolute atomic E-state index is 0.0239. The van der Waals surface area contributed by atoms with Crippen molar-refractivity contribution in [1.82, 2.24) is 0 Å². The van der Waals surface area contributed by atoms with Crippen LogP contribution >= 0.6 is 11.3 Å². The van der Waals surface area contributed by atoms with Crippen LogP contribution in [0.2, 0.25) is 0 Å². The van der Waals surface area contributed by atoms with Gasteiger partial charge in [-0.15, -0.1) is 0 Å². The summed E-state index contributed by atoms with van der Waals surface area (Å²) in [6, 6.07) is 28.0. The van der Waals surface area contributed by atoms with Crippen LogP contribution < -0.4 is 21.8 Å². The summed E-state index contributed by atoms with van der Waals surface area (Å²) in [6.45, 7) is 0. The van der Waals surface area contributed by atoms with Crippen molar-refractivity contribution in [2.45, 2.75) is 18.5 Å². The SMILES string of the molecule is N#CC(C#N)=C1c2cc(-c3cc([I-]F)cc(C(F)(F)F)c3)ccc2-c2cc3sc4cc5c(cc4c3cc21)C(=C(C#N)C#N)c1cc(-c2cc(C(F)(F)F)cc(C(F)(F)F)c2)ccc1-5. The Morgan fingerprint density at radius 1 is 0.413 bits per heavy atom. The predicted octanol–water partition coefficient (Wildman–Crippen LogP) is 11.2. The molecule has 0 bridgehead atoms. The zero-order valence-corrected chi connectivity index (χ0v) is 34.1. The Labute approximate surface area is 364 Å². The molecule has 2 aliphatic rings. The normalized spacial score (nSPS) is 12.9. The molecule has 2 aliphatic carbocycles. The summed E-state index contributed by atoms with van der Waals surface area (Å²) in [6.07, 6.45) is -14.9. The Kier molecular flexibility index (Phi) is 9.56. The molecule has 0 N–H and O–H groups in total. The summed E-state index contributed by atoms with van der Waals surface area (Å²) in [7, 11) is 0. The van der Waals surface area contributed by atoms with Crippen molar-refractivity contribution in [3.8, 4) is 68.8 Å². The van der Waals surface area contributed by atoms with Gasteiger partial charge in [0, 0.05) is 5.57 Å². The first-order valence-electron chi connectivity index (χ1n) is 18.1. The van der Waals surface area contributed by atoms with Crippen molar-refractivity contribution in [1.29, 1.82) is 21.0 Å². The topological polar surface area (TPSA) is 95.2 Å². The van der Waals surface area contributed by atoms with Gasteiger partial charge in [0.25, 0.3) is 0 Å². The molecule has 0 saturated heterocycles. The molecule has 0 saturated carbocycles. The molecule has 9 rings (SSSR count). The molecular weight excluding hydrogens is 969 g/mol. The van der Waals surface area contributed by atoms with E-state index in [-0.39, 0.29) is 48.6 Å². The first-order chi connectivity index (χ1) is 29.9. The van der Waals surface area contributed by atoms with Gasteiger partial charge in [0.05, 0.1) is 11.1 Å². The molecule has 0 radical (unpaired) electrons. The second-order valence-electron chi connectivity index (χ2n) is 14.5. The van der Waals surface area contributed by atoms with Gasteiger partial charge in [-0.25, -0.2) is 0 Å². The average Bonchev–Trinajstić information content (AvgIpc) is 3.87. The van der Waals surface area contributed by atoms with Gasteiger partial charge in [0.2, 0.25) is 0 Å². The second kappa shape index (κ2) is 14.6. The van der Waals surface area contributed by atoms with E-state index in [1.54, 1.807) is 36.4 Å². The van der Waals surface area contributed by atoms with E-state index in [1.165, 1.54) is 35.6 Å². The van der Waals surface area contributed by atoms with Crippen LogP contribution in [0.4, 0.5) is 42.4 Å². The number of nitrogens with zero attached hydrogens (tertiary/aromatic N) is 4. The molecule has 1 aromatic heterocycles. The Hall–Kier alpha value is -6.99. The number of rotatable bonds is 3. The Balaban J connectivity index is 1.22. The minimum Gasteiger partial charge on any atom is -0.192 e. The summed E-state index contributed by atoms with van der Waals surface area (Å²) >= 11 is -0.848. The maximum absolute atomic E-state index is 13.8. The van der Waals surface area contributed by atoms with E-state index in [0.717, 1.165) is 16.8 Å². The largest absolute Gasteiger partial charge is 0.416 e. The maximum Gasteiger partial charge on any atom is 0.416 e. The van der Waals surface area contributed by atoms with Gasteiger partial charge in [-0.1, -0.05) is 12.1 Å². The van der Waals surface area contributed by atoms with Gasteiger partial charge >= 0.3 is 219 Å². The summed E-state index contributed by atoms with van der Waals surface area (Å²) in [4.78, 5) is 0. The molecule has 16 heteroatoms. The van der Waals surface area contributed by atoms with E-state index in [2.05, 4.69) is 0 Å². The van der Waals surface area contributed by atoms with Gasteiger partial charge < -0.3 is 0 Å². The quantitative estimate of drug-likeness (QED) is 0.100. The van der Waals surface area contributed by atoms with E-state index >= 15 is 0 Å². The molecular formula is C47H16F10IN4S-. The van der Waals surface area contributed by atoms with E-state index < -0.39 is 62.6 Å². The minimum atomic E-state index is -5.10.